The van der Waals surface area contributed by atoms with Gasteiger partial charge in [0, 0.05) is 15.8 Å². The minimum Gasteiger partial charge on any atom is -0.122 e. The maximum Gasteiger partial charge on any atom is 0.0473 e. The number of fused-ring (bicyclic) bond motifs is 3. The van der Waals surface area contributed by atoms with Gasteiger partial charge in [0.25, 0.3) is 0 Å². The van der Waals surface area contributed by atoms with Gasteiger partial charge in [0.2, 0.25) is 0 Å². The number of rotatable bonds is 10. The molecule has 0 bridgehead atoms. The number of hydrogen-bond acceptors (Lipinski definition) is 0. The third kappa shape index (κ3) is 4.08. The van der Waals surface area contributed by atoms with E-state index in [0.29, 0.717) is 0 Å². The topological polar surface area (TPSA) is 0 Å². The van der Waals surface area contributed by atoms with Crippen molar-refractivity contribution in [1.82, 2.24) is 0 Å². The molecular weight excluding hydrogens is 371 g/mol. The molecule has 0 heterocycles. The van der Waals surface area contributed by atoms with E-state index < -0.39 is 0 Å². The van der Waals surface area contributed by atoms with Gasteiger partial charge in [0.05, 0.1) is 0 Å². The molecule has 0 radical (unpaired) electrons. The number of alkyl halides is 1. The number of unbranched alkanes of at least 4 members (excludes halogenated alkanes) is 5. The molecule has 2 atom stereocenters. The minimum absolute atomic E-state index is 0.103. The molecule has 1 aliphatic carbocycles. The molecule has 3 rings (SSSR count). The lowest BCUT2D eigenvalue weighted by Gasteiger charge is -2.37. The summed E-state index contributed by atoms with van der Waals surface area (Å²) in [5, 5.41) is 0.920. The summed E-state index contributed by atoms with van der Waals surface area (Å²) in [6, 6.07) is 15.3. The molecule has 2 heteroatoms. The zero-order chi connectivity index (χ0) is 19.3. The highest BCUT2D eigenvalue weighted by Crippen LogP contribution is 2.56. The highest BCUT2D eigenvalue weighted by atomic mass is 35.5. The maximum atomic E-state index is 7.26. The fourth-order valence-electron chi connectivity index (χ4n) is 4.79. The van der Waals surface area contributed by atoms with Gasteiger partial charge < -0.3 is 0 Å². The highest BCUT2D eigenvalue weighted by Gasteiger charge is 2.47. The Hall–Kier alpha value is -0.980. The molecule has 0 N–H and O–H groups in total. The first kappa shape index (κ1) is 20.7. The summed E-state index contributed by atoms with van der Waals surface area (Å²) in [4.78, 5) is 0. The van der Waals surface area contributed by atoms with Gasteiger partial charge in [-0.15, -0.1) is 11.6 Å². The lowest BCUT2D eigenvalue weighted by molar-refractivity contribution is 0.408. The molecule has 146 valence electrons. The summed E-state index contributed by atoms with van der Waals surface area (Å²) in [6.45, 7) is 4.52. The SMILES string of the molecule is CCCCCCC1(C(Cl)CCCCC)c2ccccc2-c2ccc(Cl)cc21. The van der Waals surface area contributed by atoms with E-state index in [4.69, 9.17) is 23.2 Å². The summed E-state index contributed by atoms with van der Waals surface area (Å²) in [7, 11) is 0. The average molecular weight is 403 g/mol. The van der Waals surface area contributed by atoms with Gasteiger partial charge in [0.15, 0.2) is 0 Å². The Kier molecular flexibility index (Phi) is 7.29. The number of hydrogen-bond donors (Lipinski definition) is 0. The lowest BCUT2D eigenvalue weighted by atomic mass is 9.70. The van der Waals surface area contributed by atoms with Crippen molar-refractivity contribution in [2.24, 2.45) is 0 Å². The van der Waals surface area contributed by atoms with Crippen LogP contribution in [0, 0.1) is 0 Å². The fourth-order valence-corrected chi connectivity index (χ4v) is 5.46. The first-order chi connectivity index (χ1) is 13.1. The zero-order valence-corrected chi connectivity index (χ0v) is 18.3. The maximum absolute atomic E-state index is 7.26. The molecule has 2 aromatic rings. The molecule has 0 amide bonds. The first-order valence-electron chi connectivity index (χ1n) is 10.7. The van der Waals surface area contributed by atoms with Crippen LogP contribution in [0.1, 0.15) is 82.8 Å². The third-order valence-electron chi connectivity index (χ3n) is 6.18. The lowest BCUT2D eigenvalue weighted by Crippen LogP contribution is -2.36. The van der Waals surface area contributed by atoms with Crippen LogP contribution in [0.3, 0.4) is 0 Å². The molecular formula is C25H32Cl2. The molecule has 0 aromatic heterocycles. The van der Waals surface area contributed by atoms with Crippen molar-refractivity contribution in [3.8, 4) is 11.1 Å². The van der Waals surface area contributed by atoms with Crippen LogP contribution >= 0.6 is 23.2 Å². The van der Waals surface area contributed by atoms with Crippen molar-refractivity contribution in [3.63, 3.8) is 0 Å². The molecule has 0 saturated carbocycles. The second-order valence-corrected chi connectivity index (χ2v) is 8.94. The quantitative estimate of drug-likeness (QED) is 0.275. The van der Waals surface area contributed by atoms with Crippen molar-refractivity contribution in [2.45, 2.75) is 82.4 Å². The Bertz CT molecular complexity index is 752. The fraction of sp³-hybridized carbons (Fsp3) is 0.520. The van der Waals surface area contributed by atoms with Crippen LogP contribution in [0.4, 0.5) is 0 Å². The molecule has 27 heavy (non-hydrogen) atoms. The predicted octanol–water partition coefficient (Wildman–Crippen LogP) is 8.76. The van der Waals surface area contributed by atoms with Gasteiger partial charge in [0.1, 0.15) is 0 Å². The van der Waals surface area contributed by atoms with Crippen molar-refractivity contribution in [2.75, 3.05) is 0 Å². The Morgan fingerprint density at radius 3 is 2.30 bits per heavy atom. The van der Waals surface area contributed by atoms with Gasteiger partial charge in [-0.3, -0.25) is 0 Å². The molecule has 1 aliphatic rings. The predicted molar refractivity (Wildman–Crippen MR) is 120 cm³/mol. The molecule has 0 nitrogen and oxygen atoms in total. The second-order valence-electron chi connectivity index (χ2n) is 7.98. The van der Waals surface area contributed by atoms with Gasteiger partial charge in [-0.25, -0.2) is 0 Å². The standard InChI is InChI=1S/C25H32Cl2/c1-3-5-7-11-17-25(24(27)14-8-6-4-2)22-13-10-9-12-20(22)21-16-15-19(26)18-23(21)25/h9-10,12-13,15-16,18,24H,3-8,11,14,17H2,1-2H3. The average Bonchev–Trinajstić information content (AvgIpc) is 2.96. The Morgan fingerprint density at radius 2 is 1.52 bits per heavy atom. The van der Waals surface area contributed by atoms with Crippen LogP contribution in [0.5, 0.6) is 0 Å². The normalized spacial score (nSPS) is 19.0. The minimum atomic E-state index is -0.111. The van der Waals surface area contributed by atoms with E-state index >= 15 is 0 Å². The van der Waals surface area contributed by atoms with Crippen LogP contribution in [0.25, 0.3) is 11.1 Å². The third-order valence-corrected chi connectivity index (χ3v) is 7.01. The van der Waals surface area contributed by atoms with E-state index in [1.807, 2.05) is 6.07 Å². The van der Waals surface area contributed by atoms with E-state index in [9.17, 15) is 0 Å². The van der Waals surface area contributed by atoms with E-state index in [1.165, 1.54) is 67.2 Å². The first-order valence-corrected chi connectivity index (χ1v) is 11.5. The number of benzene rings is 2. The Labute approximate surface area is 175 Å². The van der Waals surface area contributed by atoms with E-state index in [-0.39, 0.29) is 10.8 Å². The van der Waals surface area contributed by atoms with Crippen molar-refractivity contribution < 1.29 is 0 Å². The summed E-state index contributed by atoms with van der Waals surface area (Å²) in [5.74, 6) is 0. The monoisotopic (exact) mass is 402 g/mol. The van der Waals surface area contributed by atoms with Crippen LogP contribution in [-0.2, 0) is 5.41 Å². The summed E-state index contributed by atoms with van der Waals surface area (Å²) < 4.78 is 0. The van der Waals surface area contributed by atoms with Gasteiger partial charge in [-0.05, 0) is 47.2 Å². The summed E-state index contributed by atoms with van der Waals surface area (Å²) in [5.41, 5.74) is 5.33. The van der Waals surface area contributed by atoms with Crippen molar-refractivity contribution in [1.29, 1.82) is 0 Å². The molecule has 0 saturated heterocycles. The summed E-state index contributed by atoms with van der Waals surface area (Å²) >= 11 is 13.7. The largest absolute Gasteiger partial charge is 0.122 e. The van der Waals surface area contributed by atoms with Crippen LogP contribution in [0.15, 0.2) is 42.5 Å². The van der Waals surface area contributed by atoms with E-state index in [1.54, 1.807) is 0 Å². The van der Waals surface area contributed by atoms with E-state index in [2.05, 4.69) is 50.2 Å². The molecule has 0 fully saturated rings. The smallest absolute Gasteiger partial charge is 0.0473 e. The van der Waals surface area contributed by atoms with Gasteiger partial charge in [-0.2, -0.15) is 0 Å². The second kappa shape index (κ2) is 9.48. The number of halogens is 2. The van der Waals surface area contributed by atoms with Crippen LogP contribution in [0.2, 0.25) is 5.02 Å². The summed E-state index contributed by atoms with van der Waals surface area (Å²) in [6.07, 6.45) is 10.9. The van der Waals surface area contributed by atoms with Crippen LogP contribution in [-0.4, -0.2) is 5.38 Å². The van der Waals surface area contributed by atoms with Crippen molar-refractivity contribution >= 4 is 23.2 Å². The Morgan fingerprint density at radius 1 is 0.815 bits per heavy atom. The Balaban J connectivity index is 2.06. The molecule has 2 aromatic carbocycles. The van der Waals surface area contributed by atoms with Gasteiger partial charge in [-0.1, -0.05) is 101 Å². The van der Waals surface area contributed by atoms with Crippen LogP contribution < -0.4 is 0 Å². The molecule has 0 aliphatic heterocycles. The van der Waals surface area contributed by atoms with Crippen molar-refractivity contribution in [3.05, 3.63) is 58.6 Å². The van der Waals surface area contributed by atoms with Gasteiger partial charge >= 0.3 is 0 Å². The molecule has 0 spiro atoms. The zero-order valence-electron chi connectivity index (χ0n) is 16.7. The highest BCUT2D eigenvalue weighted by molar-refractivity contribution is 6.31. The molecule has 2 unspecified atom stereocenters. The van der Waals surface area contributed by atoms with E-state index in [0.717, 1.165) is 17.9 Å².